The highest BCUT2D eigenvalue weighted by atomic mass is 32.1. The maximum absolute atomic E-state index is 9.92. The van der Waals surface area contributed by atoms with Crippen LogP contribution in [0.3, 0.4) is 0 Å². The van der Waals surface area contributed by atoms with Gasteiger partial charge in [0.1, 0.15) is 0 Å². The number of nitrogens with one attached hydrogen (secondary N) is 1. The molecule has 4 heteroatoms. The molecule has 1 saturated carbocycles. The molecule has 2 aromatic rings. The molecule has 0 unspecified atom stereocenters. The first kappa shape index (κ1) is 11.0. The van der Waals surface area contributed by atoms with Crippen molar-refractivity contribution in [3.63, 3.8) is 0 Å². The van der Waals surface area contributed by atoms with E-state index in [4.69, 9.17) is 0 Å². The predicted molar refractivity (Wildman–Crippen MR) is 71.5 cm³/mol. The molecule has 3 rings (SSSR count). The molecule has 90 valence electrons. The third kappa shape index (κ3) is 2.28. The van der Waals surface area contributed by atoms with E-state index in [1.54, 1.807) is 11.3 Å². The summed E-state index contributed by atoms with van der Waals surface area (Å²) in [6, 6.07) is 8.30. The molecule has 1 heterocycles. The Morgan fingerprint density at radius 1 is 1.24 bits per heavy atom. The summed E-state index contributed by atoms with van der Waals surface area (Å²) in [7, 11) is 0. The highest BCUT2D eigenvalue weighted by Crippen LogP contribution is 2.28. The van der Waals surface area contributed by atoms with Crippen molar-refractivity contribution in [1.82, 2.24) is 4.98 Å². The molecular weight excluding hydrogens is 232 g/mol. The van der Waals surface area contributed by atoms with Crippen molar-refractivity contribution in [2.24, 2.45) is 0 Å². The third-order valence-corrected chi connectivity index (χ3v) is 4.30. The normalized spacial score (nSPS) is 25.0. The molecule has 1 aromatic heterocycles. The quantitative estimate of drug-likeness (QED) is 0.858. The van der Waals surface area contributed by atoms with Gasteiger partial charge < -0.3 is 10.4 Å². The maximum Gasteiger partial charge on any atom is 0.184 e. The van der Waals surface area contributed by atoms with Crippen LogP contribution in [0.2, 0.25) is 0 Å². The lowest BCUT2D eigenvalue weighted by Crippen LogP contribution is -2.36. The van der Waals surface area contributed by atoms with Gasteiger partial charge in [-0.25, -0.2) is 4.98 Å². The van der Waals surface area contributed by atoms with Crippen LogP contribution in [-0.2, 0) is 0 Å². The smallest absolute Gasteiger partial charge is 0.184 e. The summed E-state index contributed by atoms with van der Waals surface area (Å²) in [5.74, 6) is 0. The van der Waals surface area contributed by atoms with Crippen molar-refractivity contribution in [2.75, 3.05) is 5.32 Å². The highest BCUT2D eigenvalue weighted by molar-refractivity contribution is 7.22. The summed E-state index contributed by atoms with van der Waals surface area (Å²) in [4.78, 5) is 4.54. The second-order valence-corrected chi connectivity index (χ2v) is 5.62. The minimum absolute atomic E-state index is 0.171. The van der Waals surface area contributed by atoms with Gasteiger partial charge in [0.05, 0.1) is 22.4 Å². The van der Waals surface area contributed by atoms with Crippen molar-refractivity contribution in [3.05, 3.63) is 24.3 Å². The Kier molecular flexibility index (Phi) is 2.99. The Balaban J connectivity index is 1.79. The van der Waals surface area contributed by atoms with E-state index in [1.807, 2.05) is 18.2 Å². The van der Waals surface area contributed by atoms with Gasteiger partial charge in [-0.1, -0.05) is 36.3 Å². The number of thiazole rings is 1. The third-order valence-electron chi connectivity index (χ3n) is 3.33. The van der Waals surface area contributed by atoms with Crippen LogP contribution in [0.4, 0.5) is 5.13 Å². The number of anilines is 1. The predicted octanol–water partition coefficient (Wildman–Crippen LogP) is 3.01. The number of hydrogen-bond donors (Lipinski definition) is 2. The van der Waals surface area contributed by atoms with E-state index in [2.05, 4.69) is 16.4 Å². The van der Waals surface area contributed by atoms with Crippen LogP contribution in [0.25, 0.3) is 10.2 Å². The van der Waals surface area contributed by atoms with Gasteiger partial charge >= 0.3 is 0 Å². The van der Waals surface area contributed by atoms with Gasteiger partial charge in [0, 0.05) is 0 Å². The maximum atomic E-state index is 9.92. The Hall–Kier alpha value is -1.13. The number of aliphatic hydroxyl groups excluding tert-OH is 1. The molecule has 0 radical (unpaired) electrons. The minimum atomic E-state index is -0.226. The SMILES string of the molecule is O[C@H]1CCCC[C@@H]1Nc1nc2ccccc2s1. The van der Waals surface area contributed by atoms with E-state index in [9.17, 15) is 5.11 Å². The molecule has 0 bridgehead atoms. The molecule has 1 aliphatic rings. The number of nitrogens with zero attached hydrogens (tertiary/aromatic N) is 1. The molecule has 0 saturated heterocycles. The van der Waals surface area contributed by atoms with Gasteiger partial charge in [-0.05, 0) is 25.0 Å². The van der Waals surface area contributed by atoms with Gasteiger partial charge in [-0.3, -0.25) is 0 Å². The number of aromatic nitrogens is 1. The Labute approximate surface area is 105 Å². The highest BCUT2D eigenvalue weighted by Gasteiger charge is 2.23. The fourth-order valence-electron chi connectivity index (χ4n) is 2.37. The molecular formula is C13H16N2OS. The average Bonchev–Trinajstić information content (AvgIpc) is 2.74. The van der Waals surface area contributed by atoms with E-state index < -0.39 is 0 Å². The van der Waals surface area contributed by atoms with Gasteiger partial charge in [0.2, 0.25) is 0 Å². The Morgan fingerprint density at radius 3 is 2.88 bits per heavy atom. The fraction of sp³-hybridized carbons (Fsp3) is 0.462. The summed E-state index contributed by atoms with van der Waals surface area (Å²) in [6.07, 6.45) is 4.05. The monoisotopic (exact) mass is 248 g/mol. The first-order valence-corrected chi connectivity index (χ1v) is 6.95. The molecule has 1 fully saturated rings. The molecule has 0 spiro atoms. The van der Waals surface area contributed by atoms with Gasteiger partial charge in [0.25, 0.3) is 0 Å². The molecule has 1 aromatic carbocycles. The number of para-hydroxylation sites is 1. The zero-order valence-electron chi connectivity index (χ0n) is 9.60. The minimum Gasteiger partial charge on any atom is -0.391 e. The van der Waals surface area contributed by atoms with Crippen LogP contribution in [0, 0.1) is 0 Å². The molecule has 3 nitrogen and oxygen atoms in total. The fourth-order valence-corrected chi connectivity index (χ4v) is 3.30. The van der Waals surface area contributed by atoms with Crippen LogP contribution < -0.4 is 5.32 Å². The molecule has 17 heavy (non-hydrogen) atoms. The van der Waals surface area contributed by atoms with Gasteiger partial charge in [0.15, 0.2) is 5.13 Å². The largest absolute Gasteiger partial charge is 0.391 e. The second-order valence-electron chi connectivity index (χ2n) is 4.59. The van der Waals surface area contributed by atoms with Crippen LogP contribution in [0.1, 0.15) is 25.7 Å². The lowest BCUT2D eigenvalue weighted by molar-refractivity contribution is 0.116. The van der Waals surface area contributed by atoms with E-state index in [0.29, 0.717) is 0 Å². The summed E-state index contributed by atoms with van der Waals surface area (Å²) in [5, 5.41) is 14.2. The Bertz CT molecular complexity index is 478. The molecule has 0 amide bonds. The number of rotatable bonds is 2. The second kappa shape index (κ2) is 4.63. The summed E-state index contributed by atoms with van der Waals surface area (Å²) < 4.78 is 1.19. The van der Waals surface area contributed by atoms with Crippen LogP contribution in [0.15, 0.2) is 24.3 Å². The molecule has 2 N–H and O–H groups in total. The van der Waals surface area contributed by atoms with Crippen LogP contribution in [-0.4, -0.2) is 22.2 Å². The van der Waals surface area contributed by atoms with E-state index in [0.717, 1.165) is 29.9 Å². The topological polar surface area (TPSA) is 45.1 Å². The zero-order chi connectivity index (χ0) is 11.7. The average molecular weight is 248 g/mol. The molecule has 2 atom stereocenters. The number of benzene rings is 1. The zero-order valence-corrected chi connectivity index (χ0v) is 10.4. The summed E-state index contributed by atoms with van der Waals surface area (Å²) in [5.41, 5.74) is 1.03. The van der Waals surface area contributed by atoms with Crippen molar-refractivity contribution >= 4 is 26.7 Å². The van der Waals surface area contributed by atoms with Crippen molar-refractivity contribution in [1.29, 1.82) is 0 Å². The standard InChI is InChI=1S/C13H16N2OS/c16-11-7-3-1-5-9(11)14-13-15-10-6-2-4-8-12(10)17-13/h2,4,6,8-9,11,16H,1,3,5,7H2,(H,14,15)/t9-,11-/m0/s1. The van der Waals surface area contributed by atoms with Gasteiger partial charge in [-0.15, -0.1) is 0 Å². The lowest BCUT2D eigenvalue weighted by Gasteiger charge is -2.27. The van der Waals surface area contributed by atoms with Gasteiger partial charge in [-0.2, -0.15) is 0 Å². The van der Waals surface area contributed by atoms with Crippen molar-refractivity contribution in [2.45, 2.75) is 37.8 Å². The molecule has 0 aliphatic heterocycles. The van der Waals surface area contributed by atoms with Crippen molar-refractivity contribution in [3.8, 4) is 0 Å². The Morgan fingerprint density at radius 2 is 2.06 bits per heavy atom. The van der Waals surface area contributed by atoms with E-state index >= 15 is 0 Å². The van der Waals surface area contributed by atoms with E-state index in [-0.39, 0.29) is 12.1 Å². The summed E-state index contributed by atoms with van der Waals surface area (Å²) >= 11 is 1.66. The number of fused-ring (bicyclic) bond motifs is 1. The van der Waals surface area contributed by atoms with Crippen LogP contribution >= 0.6 is 11.3 Å². The first-order chi connectivity index (χ1) is 8.33. The molecule has 1 aliphatic carbocycles. The number of aliphatic hydroxyl groups is 1. The van der Waals surface area contributed by atoms with Crippen molar-refractivity contribution < 1.29 is 5.11 Å². The number of hydrogen-bond acceptors (Lipinski definition) is 4. The lowest BCUT2D eigenvalue weighted by atomic mass is 9.93. The first-order valence-electron chi connectivity index (χ1n) is 6.13. The van der Waals surface area contributed by atoms with Crippen LogP contribution in [0.5, 0.6) is 0 Å². The summed E-state index contributed by atoms with van der Waals surface area (Å²) in [6.45, 7) is 0. The van der Waals surface area contributed by atoms with E-state index in [1.165, 1.54) is 11.1 Å².